The zero-order chi connectivity index (χ0) is 86.9. The Morgan fingerprint density at radius 2 is 0.576 bits per heavy atom. The summed E-state index contributed by atoms with van der Waals surface area (Å²) in [5, 5.41) is 51.4. The SMILES string of the molecule is CC(=O)N[C@@H](CCCN=C(N)N)C(=O)N[C@@H](Cc1ccc(O)cc1)C(=O)N[C@@H](Cc1ccc(O)cc1)C(=O)N[C@@H](CCCN=C(N)N)C(=O)N[C@@H](Cc1c[nH]c2ccccc12)C(=O)N[C@@H](CCCCN)C(=O)N[C@@H](CCCCN)C(=O)N[C@@H](CCCCN)C(=O)N[C@@H](CCCCN)C(=O)N[C@@H](CCCCN)C(=O)N[C@@H](CCCCN)C(N)=O. The topological polar surface area (TPSA) is 704 Å². The van der Waals surface area contributed by atoms with Crippen LogP contribution in [0.3, 0.4) is 0 Å². The minimum atomic E-state index is -1.57. The van der Waals surface area contributed by atoms with Crippen molar-refractivity contribution in [2.75, 3.05) is 52.4 Å². The van der Waals surface area contributed by atoms with Crippen molar-refractivity contribution in [1.29, 1.82) is 0 Å². The van der Waals surface area contributed by atoms with Crippen LogP contribution in [0.15, 0.2) is 89.0 Å². The summed E-state index contributed by atoms with van der Waals surface area (Å²) in [5.74, 6) is -10.4. The van der Waals surface area contributed by atoms with Crippen LogP contribution in [-0.4, -0.2) is 217 Å². The fourth-order valence-electron chi connectivity index (χ4n) is 13.0. The molecular formula is C79H129N25O14. The number of nitrogens with one attached hydrogen (secondary N) is 12. The third-order valence-corrected chi connectivity index (χ3v) is 19.5. The maximum Gasteiger partial charge on any atom is 0.243 e. The zero-order valence-electron chi connectivity index (χ0n) is 67.7. The Balaban J connectivity index is 1.77. The summed E-state index contributed by atoms with van der Waals surface area (Å²) >= 11 is 0. The number of phenols is 2. The van der Waals surface area contributed by atoms with Crippen LogP contribution < -0.4 is 122 Å². The Bertz CT molecular complexity index is 3860. The molecule has 39 nitrogen and oxygen atoms in total. The highest BCUT2D eigenvalue weighted by Gasteiger charge is 2.37. The van der Waals surface area contributed by atoms with Gasteiger partial charge in [-0.3, -0.25) is 67.5 Å². The molecule has 39 heteroatoms. The summed E-state index contributed by atoms with van der Waals surface area (Å²) in [4.78, 5) is 184. The molecular weight excluding hydrogens is 1520 g/mol. The van der Waals surface area contributed by atoms with Crippen LogP contribution in [0.4, 0.5) is 0 Å². The number of aromatic hydroxyl groups is 2. The van der Waals surface area contributed by atoms with Crippen molar-refractivity contribution >= 4 is 93.7 Å². The predicted molar refractivity (Wildman–Crippen MR) is 449 cm³/mol. The lowest BCUT2D eigenvalue weighted by molar-refractivity contribution is -0.136. The highest BCUT2D eigenvalue weighted by molar-refractivity contribution is 6.00. The molecule has 0 fully saturated rings. The number of hydrogen-bond acceptors (Lipinski definition) is 22. The molecule has 0 spiro atoms. The number of para-hydroxylation sites is 1. The Morgan fingerprint density at radius 3 is 0.864 bits per heavy atom. The van der Waals surface area contributed by atoms with Crippen molar-refractivity contribution in [1.82, 2.24) is 63.5 Å². The number of amides is 12. The molecule has 654 valence electrons. The molecule has 0 unspecified atom stereocenters. The number of aliphatic imine (C=N–C) groups is 2. The monoisotopic (exact) mass is 1650 g/mol. The van der Waals surface area contributed by atoms with Crippen molar-refractivity contribution in [2.24, 2.45) is 73.1 Å². The standard InChI is InChI=1S/C79H129N25O14/c1-48(105)94-57(26-16-42-91-78(87)88)68(109)102-65(45-50-30-34-53(107)35-31-50)76(117)103-64(44-49-28-32-52(106)33-29-49)75(116)101-63(27-17-43-92-79(89)90)74(115)104-66(46-51-47-93-55-19-3-2-18-54(51)55)77(118)100-62(25-9-15-41-85)73(114)99-61(24-8-14-40-84)72(113)98-60(23-7-13-39-83)71(112)97-59(22-6-12-38-82)70(111)96-58(21-5-11-37-81)69(110)95-56(67(86)108)20-4-10-36-80/h2-3,18-19,28-35,47,56-66,93,106-107H,4-17,20-27,36-46,80-85H2,1H3,(H2,86,108)(H,94,105)(H,95,110)(H,96,111)(H,97,112)(H,98,113)(H,99,114)(H,100,118)(H,101,116)(H,102,109)(H,103,117)(H,104,115)(H4,87,88,91)(H4,89,90,92)/t56-,57-,58-,59-,60-,61-,62-,63-,64-,65-,66-/m0/s1. The molecule has 36 N–H and O–H groups in total. The molecule has 0 aliphatic carbocycles. The van der Waals surface area contributed by atoms with Crippen molar-refractivity contribution in [3.63, 3.8) is 0 Å². The van der Waals surface area contributed by atoms with E-state index in [1.54, 1.807) is 30.5 Å². The maximum absolute atomic E-state index is 15.4. The Labute approximate surface area is 688 Å². The van der Waals surface area contributed by atoms with Crippen LogP contribution in [0, 0.1) is 0 Å². The number of primary amides is 1. The summed E-state index contributed by atoms with van der Waals surface area (Å²) in [6.07, 6.45) is 6.13. The van der Waals surface area contributed by atoms with Crippen LogP contribution in [-0.2, 0) is 76.8 Å². The van der Waals surface area contributed by atoms with Crippen molar-refractivity contribution in [3.8, 4) is 11.5 Å². The van der Waals surface area contributed by atoms with Crippen molar-refractivity contribution in [3.05, 3.63) is 95.7 Å². The van der Waals surface area contributed by atoms with E-state index in [-0.39, 0.29) is 159 Å². The van der Waals surface area contributed by atoms with Gasteiger partial charge in [0, 0.05) is 56.4 Å². The first kappa shape index (κ1) is 99.1. The number of carbonyl (C=O) groups is 12. The third kappa shape index (κ3) is 37.8. The van der Waals surface area contributed by atoms with Gasteiger partial charge in [-0.05, 0) is 228 Å². The highest BCUT2D eigenvalue weighted by atomic mass is 16.3. The number of carbonyl (C=O) groups excluding carboxylic acids is 12. The van der Waals surface area contributed by atoms with Gasteiger partial charge in [0.1, 0.15) is 78.0 Å². The quantitative estimate of drug-likeness (QED) is 0.0115. The minimum absolute atomic E-state index is 0.0105. The minimum Gasteiger partial charge on any atom is -0.508 e. The lowest BCUT2D eigenvalue weighted by atomic mass is 10.00. The normalized spacial score (nSPS) is 13.9. The number of benzene rings is 3. The first-order chi connectivity index (χ1) is 56.5. The number of rotatable bonds is 60. The molecule has 4 aromatic rings. The number of nitrogens with two attached hydrogens (primary N) is 11. The van der Waals surface area contributed by atoms with Gasteiger partial charge in [-0.15, -0.1) is 0 Å². The van der Waals surface area contributed by atoms with Crippen molar-refractivity contribution < 1.29 is 67.7 Å². The van der Waals surface area contributed by atoms with Gasteiger partial charge < -0.3 is 137 Å². The van der Waals surface area contributed by atoms with Crippen LogP contribution in [0.2, 0.25) is 0 Å². The number of H-pyrrole nitrogens is 1. The third-order valence-electron chi connectivity index (χ3n) is 19.5. The van der Waals surface area contributed by atoms with Crippen LogP contribution in [0.1, 0.15) is 165 Å². The molecule has 3 aromatic carbocycles. The second kappa shape index (κ2) is 55.4. The number of hydrogen-bond donors (Lipinski definition) is 25. The lowest BCUT2D eigenvalue weighted by Gasteiger charge is -2.29. The molecule has 11 atom stereocenters. The number of fused-ring (bicyclic) bond motifs is 1. The highest BCUT2D eigenvalue weighted by Crippen LogP contribution is 2.22. The molecule has 0 radical (unpaired) electrons. The summed E-state index contributed by atoms with van der Waals surface area (Å²) < 4.78 is 0. The average Bonchev–Trinajstić information content (AvgIpc) is 1.69. The fourth-order valence-corrected chi connectivity index (χ4v) is 13.0. The molecule has 0 saturated carbocycles. The van der Waals surface area contributed by atoms with Crippen molar-refractivity contribution in [2.45, 2.75) is 234 Å². The van der Waals surface area contributed by atoms with Gasteiger partial charge in [0.25, 0.3) is 0 Å². The van der Waals surface area contributed by atoms with Gasteiger partial charge in [0.2, 0.25) is 70.9 Å². The molecule has 0 saturated heterocycles. The lowest BCUT2D eigenvalue weighted by Crippen LogP contribution is -2.61. The number of nitrogens with zero attached hydrogens (tertiary/aromatic N) is 2. The van der Waals surface area contributed by atoms with E-state index in [9.17, 15) is 48.6 Å². The number of unbranched alkanes of at least 4 members (excludes halogenated alkanes) is 6. The summed E-state index contributed by atoms with van der Waals surface area (Å²) in [6, 6.07) is 3.56. The van der Waals surface area contributed by atoms with Crippen LogP contribution in [0.5, 0.6) is 11.5 Å². The van der Waals surface area contributed by atoms with Gasteiger partial charge >= 0.3 is 0 Å². The molecule has 0 aliphatic rings. The van der Waals surface area contributed by atoms with E-state index < -0.39 is 137 Å². The molecule has 0 bridgehead atoms. The smallest absolute Gasteiger partial charge is 0.243 e. The fraction of sp³-hybridized carbons (Fsp3) is 0.570. The Kier molecular flexibility index (Phi) is 46.5. The van der Waals surface area contributed by atoms with Gasteiger partial charge in [-0.25, -0.2) is 0 Å². The number of guanidine groups is 2. The summed E-state index contributed by atoms with van der Waals surface area (Å²) in [7, 11) is 0. The largest absolute Gasteiger partial charge is 0.508 e. The van der Waals surface area contributed by atoms with E-state index >= 15 is 19.2 Å². The first-order valence-electron chi connectivity index (χ1n) is 40.6. The van der Waals surface area contributed by atoms with E-state index in [2.05, 4.69) is 73.5 Å². The second-order valence-corrected chi connectivity index (χ2v) is 29.2. The van der Waals surface area contributed by atoms with E-state index in [4.69, 9.17) is 63.1 Å². The van der Waals surface area contributed by atoms with Gasteiger partial charge in [0.15, 0.2) is 11.9 Å². The number of phenolic OH excluding ortho intramolecular Hbond substituents is 2. The zero-order valence-corrected chi connectivity index (χ0v) is 67.7. The Morgan fingerprint density at radius 1 is 0.322 bits per heavy atom. The first-order valence-corrected chi connectivity index (χ1v) is 40.6. The van der Waals surface area contributed by atoms with E-state index in [1.807, 2.05) is 0 Å². The average molecular weight is 1650 g/mol. The Hall–Kier alpha value is -11.3. The second-order valence-electron chi connectivity index (χ2n) is 29.2. The number of aromatic amines is 1. The molecule has 1 heterocycles. The van der Waals surface area contributed by atoms with Gasteiger partial charge in [-0.1, -0.05) is 42.5 Å². The number of aromatic nitrogens is 1. The van der Waals surface area contributed by atoms with E-state index in [0.717, 1.165) is 0 Å². The van der Waals surface area contributed by atoms with Gasteiger partial charge in [-0.2, -0.15) is 0 Å². The van der Waals surface area contributed by atoms with E-state index in [0.29, 0.717) is 105 Å². The predicted octanol–water partition coefficient (Wildman–Crippen LogP) is -3.67. The van der Waals surface area contributed by atoms with Crippen LogP contribution in [0.25, 0.3) is 10.9 Å². The maximum atomic E-state index is 15.4. The van der Waals surface area contributed by atoms with Gasteiger partial charge in [0.05, 0.1) is 0 Å². The molecule has 0 aliphatic heterocycles. The summed E-state index contributed by atoms with van der Waals surface area (Å²) in [6.45, 7) is 2.75. The molecule has 12 amide bonds. The molecule has 1 aromatic heterocycles. The summed E-state index contributed by atoms with van der Waals surface area (Å²) in [5.41, 5.74) is 65.4. The molecule has 4 rings (SSSR count). The molecule has 118 heavy (non-hydrogen) atoms. The van der Waals surface area contributed by atoms with E-state index in [1.165, 1.54) is 55.5 Å². The van der Waals surface area contributed by atoms with Crippen LogP contribution >= 0.6 is 0 Å².